The van der Waals surface area contributed by atoms with Crippen LogP contribution in [0.15, 0.2) is 66.9 Å². The second-order valence-corrected chi connectivity index (χ2v) is 6.82. The van der Waals surface area contributed by atoms with Gasteiger partial charge in [-0.05, 0) is 55.8 Å². The van der Waals surface area contributed by atoms with Gasteiger partial charge >= 0.3 is 0 Å². The van der Waals surface area contributed by atoms with Crippen LogP contribution in [-0.2, 0) is 6.54 Å². The number of aromatic nitrogens is 2. The summed E-state index contributed by atoms with van der Waals surface area (Å²) in [6.07, 6.45) is 4.10. The summed E-state index contributed by atoms with van der Waals surface area (Å²) in [5.41, 5.74) is 3.43. The highest BCUT2D eigenvalue weighted by Gasteiger charge is 2.23. The van der Waals surface area contributed by atoms with E-state index in [2.05, 4.69) is 22.0 Å². The average Bonchev–Trinajstić information content (AvgIpc) is 2.69. The summed E-state index contributed by atoms with van der Waals surface area (Å²) in [5.74, 6) is 0.150. The van der Waals surface area contributed by atoms with Crippen molar-refractivity contribution in [1.82, 2.24) is 14.9 Å². The number of halogens is 1. The number of nitrogens with zero attached hydrogens (tertiary/aromatic N) is 3. The zero-order valence-corrected chi connectivity index (χ0v) is 14.7. The predicted molar refractivity (Wildman–Crippen MR) is 101 cm³/mol. The predicted octanol–water partition coefficient (Wildman–Crippen LogP) is 4.66. The van der Waals surface area contributed by atoms with Crippen molar-refractivity contribution in [1.29, 1.82) is 0 Å². The molecule has 132 valence electrons. The first-order chi connectivity index (χ1) is 12.8. The first-order valence-electron chi connectivity index (χ1n) is 9.14. The zero-order chi connectivity index (χ0) is 17.8. The van der Waals surface area contributed by atoms with Gasteiger partial charge in [0, 0.05) is 36.5 Å². The van der Waals surface area contributed by atoms with Crippen molar-refractivity contribution >= 4 is 0 Å². The number of likely N-dealkylation sites (tertiary alicyclic amines) is 1. The maximum atomic E-state index is 14.1. The minimum absolute atomic E-state index is 0.224. The van der Waals surface area contributed by atoms with E-state index >= 15 is 0 Å². The van der Waals surface area contributed by atoms with Gasteiger partial charge in [0.05, 0.1) is 11.4 Å². The van der Waals surface area contributed by atoms with Gasteiger partial charge in [0.15, 0.2) is 0 Å². The molecule has 1 fully saturated rings. The molecule has 4 heteroatoms. The molecule has 0 spiro atoms. The fraction of sp³-hybridized carbons (Fsp3) is 0.273. The molecule has 1 aliphatic heterocycles. The molecule has 0 N–H and O–H groups in total. The molecule has 1 saturated heterocycles. The van der Waals surface area contributed by atoms with E-state index in [1.807, 2.05) is 36.5 Å². The van der Waals surface area contributed by atoms with Crippen LogP contribution in [0.4, 0.5) is 4.39 Å². The summed E-state index contributed by atoms with van der Waals surface area (Å²) in [6, 6.07) is 18.8. The number of benzene rings is 1. The van der Waals surface area contributed by atoms with Gasteiger partial charge in [-0.3, -0.25) is 14.9 Å². The van der Waals surface area contributed by atoms with E-state index in [9.17, 15) is 4.39 Å². The number of hydrogen-bond acceptors (Lipinski definition) is 3. The second-order valence-electron chi connectivity index (χ2n) is 6.82. The van der Waals surface area contributed by atoms with Gasteiger partial charge in [-0.25, -0.2) is 4.39 Å². The third-order valence-electron chi connectivity index (χ3n) is 4.96. The van der Waals surface area contributed by atoms with Crippen LogP contribution in [0, 0.1) is 5.82 Å². The Kier molecular flexibility index (Phi) is 5.02. The highest BCUT2D eigenvalue weighted by atomic mass is 19.1. The Balaban J connectivity index is 1.52. The number of rotatable bonds is 4. The van der Waals surface area contributed by atoms with E-state index in [1.165, 1.54) is 6.07 Å². The van der Waals surface area contributed by atoms with E-state index in [0.717, 1.165) is 43.9 Å². The van der Waals surface area contributed by atoms with Gasteiger partial charge in [-0.2, -0.15) is 0 Å². The van der Waals surface area contributed by atoms with E-state index in [1.54, 1.807) is 12.1 Å². The number of pyridine rings is 2. The molecule has 4 rings (SSSR count). The SMILES string of the molecule is Fc1ccccc1-c1cccc([C@@H]2CCCN(Cc3ccccn3)C2)n1. The molecule has 0 radical (unpaired) electrons. The van der Waals surface area contributed by atoms with E-state index in [-0.39, 0.29) is 5.82 Å². The number of hydrogen-bond donors (Lipinski definition) is 0. The van der Waals surface area contributed by atoms with Gasteiger partial charge in [0.1, 0.15) is 5.82 Å². The van der Waals surface area contributed by atoms with Crippen LogP contribution < -0.4 is 0 Å². The van der Waals surface area contributed by atoms with Gasteiger partial charge < -0.3 is 0 Å². The van der Waals surface area contributed by atoms with Crippen LogP contribution in [0.1, 0.15) is 30.1 Å². The maximum Gasteiger partial charge on any atom is 0.132 e. The summed E-state index contributed by atoms with van der Waals surface area (Å²) in [4.78, 5) is 11.7. The summed E-state index contributed by atoms with van der Waals surface area (Å²) >= 11 is 0. The van der Waals surface area contributed by atoms with Crippen LogP contribution in [0.25, 0.3) is 11.3 Å². The standard InChI is InChI=1S/C22H22FN3/c23-20-10-2-1-9-19(20)22-12-5-11-21(25-22)17-7-6-14-26(15-17)16-18-8-3-4-13-24-18/h1-5,8-13,17H,6-7,14-16H2/t17-/m1/s1. The Morgan fingerprint density at radius 3 is 2.73 bits per heavy atom. The van der Waals surface area contributed by atoms with Crippen molar-refractivity contribution in [2.75, 3.05) is 13.1 Å². The Bertz CT molecular complexity index is 866. The van der Waals surface area contributed by atoms with E-state index < -0.39 is 0 Å². The summed E-state index contributed by atoms with van der Waals surface area (Å²) in [7, 11) is 0. The van der Waals surface area contributed by atoms with Crippen molar-refractivity contribution in [2.45, 2.75) is 25.3 Å². The highest BCUT2D eigenvalue weighted by Crippen LogP contribution is 2.29. The van der Waals surface area contributed by atoms with Gasteiger partial charge in [0.25, 0.3) is 0 Å². The molecule has 3 aromatic rings. The average molecular weight is 347 g/mol. The minimum Gasteiger partial charge on any atom is -0.297 e. The molecule has 0 amide bonds. The lowest BCUT2D eigenvalue weighted by atomic mass is 9.93. The molecule has 1 atom stereocenters. The molecule has 3 heterocycles. The van der Waals surface area contributed by atoms with Crippen LogP contribution in [0.3, 0.4) is 0 Å². The normalized spacial score (nSPS) is 18.0. The zero-order valence-electron chi connectivity index (χ0n) is 14.7. The van der Waals surface area contributed by atoms with Crippen molar-refractivity contribution in [2.24, 2.45) is 0 Å². The lowest BCUT2D eigenvalue weighted by Crippen LogP contribution is -2.34. The van der Waals surface area contributed by atoms with Crippen molar-refractivity contribution in [3.63, 3.8) is 0 Å². The topological polar surface area (TPSA) is 29.0 Å². The smallest absolute Gasteiger partial charge is 0.132 e. The third-order valence-corrected chi connectivity index (χ3v) is 4.96. The molecule has 0 aliphatic carbocycles. The summed E-state index contributed by atoms with van der Waals surface area (Å²) in [5, 5.41) is 0. The van der Waals surface area contributed by atoms with Crippen molar-refractivity contribution < 1.29 is 4.39 Å². The molecule has 0 saturated carbocycles. The molecular weight excluding hydrogens is 325 g/mol. The fourth-order valence-corrected chi connectivity index (χ4v) is 3.66. The van der Waals surface area contributed by atoms with Gasteiger partial charge in [-0.15, -0.1) is 0 Å². The molecule has 1 aliphatic rings. The molecular formula is C22H22FN3. The molecule has 2 aromatic heterocycles. The molecule has 26 heavy (non-hydrogen) atoms. The molecule has 1 aromatic carbocycles. The highest BCUT2D eigenvalue weighted by molar-refractivity contribution is 5.59. The molecule has 3 nitrogen and oxygen atoms in total. The largest absolute Gasteiger partial charge is 0.297 e. The first-order valence-corrected chi connectivity index (χ1v) is 9.14. The van der Waals surface area contributed by atoms with Gasteiger partial charge in [0.2, 0.25) is 0 Å². The third kappa shape index (κ3) is 3.81. The number of piperidine rings is 1. The van der Waals surface area contributed by atoms with Crippen LogP contribution in [-0.4, -0.2) is 28.0 Å². The second kappa shape index (κ2) is 7.75. The summed E-state index contributed by atoms with van der Waals surface area (Å²) < 4.78 is 14.1. The van der Waals surface area contributed by atoms with Crippen LogP contribution in [0.2, 0.25) is 0 Å². The van der Waals surface area contributed by atoms with E-state index in [0.29, 0.717) is 17.2 Å². The van der Waals surface area contributed by atoms with Crippen molar-refractivity contribution in [3.8, 4) is 11.3 Å². The Labute approximate surface area is 153 Å². The lowest BCUT2D eigenvalue weighted by molar-refractivity contribution is 0.196. The first kappa shape index (κ1) is 16.9. The van der Waals surface area contributed by atoms with Crippen LogP contribution >= 0.6 is 0 Å². The van der Waals surface area contributed by atoms with Crippen molar-refractivity contribution in [3.05, 3.63) is 84.1 Å². The van der Waals surface area contributed by atoms with E-state index in [4.69, 9.17) is 4.98 Å². The quantitative estimate of drug-likeness (QED) is 0.687. The summed E-state index contributed by atoms with van der Waals surface area (Å²) in [6.45, 7) is 2.91. The Hall–Kier alpha value is -2.59. The monoisotopic (exact) mass is 347 g/mol. The molecule has 0 unspecified atom stereocenters. The fourth-order valence-electron chi connectivity index (χ4n) is 3.66. The minimum atomic E-state index is -0.224. The maximum absolute atomic E-state index is 14.1. The van der Waals surface area contributed by atoms with Crippen LogP contribution in [0.5, 0.6) is 0 Å². The van der Waals surface area contributed by atoms with Gasteiger partial charge in [-0.1, -0.05) is 24.3 Å². The Morgan fingerprint density at radius 1 is 1.00 bits per heavy atom. The lowest BCUT2D eigenvalue weighted by Gasteiger charge is -2.32. The Morgan fingerprint density at radius 2 is 1.88 bits per heavy atom. The molecule has 0 bridgehead atoms.